The van der Waals surface area contributed by atoms with Crippen molar-refractivity contribution in [2.45, 2.75) is 64.9 Å². The lowest BCUT2D eigenvalue weighted by atomic mass is 9.88. The van der Waals surface area contributed by atoms with E-state index >= 15 is 0 Å². The highest BCUT2D eigenvalue weighted by Gasteiger charge is 2.32. The lowest BCUT2D eigenvalue weighted by Crippen LogP contribution is -2.57. The van der Waals surface area contributed by atoms with E-state index in [2.05, 4.69) is 50.2 Å². The summed E-state index contributed by atoms with van der Waals surface area (Å²) >= 11 is 0. The average molecular weight is 565 g/mol. The summed E-state index contributed by atoms with van der Waals surface area (Å²) in [5.74, 6) is 2.25. The largest absolute Gasteiger partial charge is 0.357 e. The number of aryl methyl sites for hydroxylation is 1. The van der Waals surface area contributed by atoms with Gasteiger partial charge in [0.15, 0.2) is 15.8 Å². The topological polar surface area (TPSA) is 73.8 Å². The summed E-state index contributed by atoms with van der Waals surface area (Å²) in [5, 5.41) is 6.83. The molecule has 1 aromatic carbocycles. The molecular formula is C23H41IN4O2S. The van der Waals surface area contributed by atoms with Gasteiger partial charge in [0.1, 0.15) is 0 Å². The first-order valence-corrected chi connectivity index (χ1v) is 12.9. The molecule has 178 valence electrons. The molecule has 1 heterocycles. The summed E-state index contributed by atoms with van der Waals surface area (Å²) in [6.07, 6.45) is 2.55. The van der Waals surface area contributed by atoms with Crippen LogP contribution in [-0.4, -0.2) is 57.3 Å². The smallest absolute Gasteiger partial charge is 0.191 e. The molecule has 2 atom stereocenters. The van der Waals surface area contributed by atoms with Gasteiger partial charge in [0.05, 0.1) is 11.4 Å². The number of nitrogens with zero attached hydrogens (tertiary/aromatic N) is 2. The normalized spacial score (nSPS) is 20.8. The molecule has 0 aliphatic carbocycles. The number of aliphatic imine (C=N–C) groups is 1. The number of rotatable bonds is 7. The molecule has 2 rings (SSSR count). The molecule has 2 N–H and O–H groups in total. The van der Waals surface area contributed by atoms with E-state index in [1.165, 1.54) is 12.7 Å². The minimum atomic E-state index is -3.20. The standard InChI is InChI=1S/C23H40N4O2S.HI/c1-8-24-22(25-13-20-9-10-21(19(4)12-20)30(7,28)29)26-16-23(5,6)27-14-17(2)11-18(3)15-27;/h9-10,12,17-18H,8,11,13-16H2,1-7H3,(H2,24,25,26);1H. The summed E-state index contributed by atoms with van der Waals surface area (Å²) < 4.78 is 23.6. The van der Waals surface area contributed by atoms with E-state index < -0.39 is 9.84 Å². The van der Waals surface area contributed by atoms with Crippen LogP contribution in [0.3, 0.4) is 0 Å². The van der Waals surface area contributed by atoms with Gasteiger partial charge in [0.25, 0.3) is 0 Å². The van der Waals surface area contributed by atoms with Crippen LogP contribution in [0.1, 0.15) is 52.2 Å². The quantitative estimate of drug-likeness (QED) is 0.299. The number of likely N-dealkylation sites (tertiary alicyclic amines) is 1. The van der Waals surface area contributed by atoms with Gasteiger partial charge in [-0.05, 0) is 63.1 Å². The van der Waals surface area contributed by atoms with Crippen LogP contribution in [0.4, 0.5) is 0 Å². The minimum Gasteiger partial charge on any atom is -0.357 e. The summed E-state index contributed by atoms with van der Waals surface area (Å²) in [5.41, 5.74) is 1.79. The third kappa shape index (κ3) is 8.53. The molecule has 31 heavy (non-hydrogen) atoms. The monoisotopic (exact) mass is 564 g/mol. The second kappa shape index (κ2) is 11.8. The van der Waals surface area contributed by atoms with Crippen molar-refractivity contribution >= 4 is 39.8 Å². The molecule has 2 unspecified atom stereocenters. The van der Waals surface area contributed by atoms with Crippen LogP contribution in [-0.2, 0) is 16.4 Å². The lowest BCUT2D eigenvalue weighted by molar-refractivity contribution is 0.0483. The molecule has 1 saturated heterocycles. The van der Waals surface area contributed by atoms with Gasteiger partial charge in [0.2, 0.25) is 0 Å². The van der Waals surface area contributed by atoms with Gasteiger partial charge in [-0.1, -0.05) is 26.0 Å². The molecule has 0 aromatic heterocycles. The Morgan fingerprint density at radius 1 is 1.19 bits per heavy atom. The number of benzene rings is 1. The fraction of sp³-hybridized carbons (Fsp3) is 0.696. The second-order valence-electron chi connectivity index (χ2n) is 9.58. The number of nitrogens with one attached hydrogen (secondary N) is 2. The molecule has 1 aliphatic heterocycles. The third-order valence-electron chi connectivity index (χ3n) is 5.82. The zero-order valence-corrected chi connectivity index (χ0v) is 23.3. The Kier molecular flexibility index (Phi) is 10.8. The fourth-order valence-electron chi connectivity index (χ4n) is 4.31. The maximum atomic E-state index is 11.8. The first-order chi connectivity index (χ1) is 13.9. The van der Waals surface area contributed by atoms with Crippen molar-refractivity contribution in [3.63, 3.8) is 0 Å². The second-order valence-corrected chi connectivity index (χ2v) is 11.6. The Labute approximate surface area is 206 Å². The van der Waals surface area contributed by atoms with Crippen LogP contribution in [0.25, 0.3) is 0 Å². The van der Waals surface area contributed by atoms with Crippen LogP contribution < -0.4 is 10.6 Å². The zero-order chi connectivity index (χ0) is 22.5. The lowest BCUT2D eigenvalue weighted by Gasteiger charge is -2.45. The van der Waals surface area contributed by atoms with Gasteiger partial charge in [-0.25, -0.2) is 13.4 Å². The highest BCUT2D eigenvalue weighted by atomic mass is 127. The van der Waals surface area contributed by atoms with E-state index in [1.807, 2.05) is 19.1 Å². The highest BCUT2D eigenvalue weighted by Crippen LogP contribution is 2.26. The van der Waals surface area contributed by atoms with E-state index in [0.717, 1.165) is 55.1 Å². The van der Waals surface area contributed by atoms with Crippen molar-refractivity contribution in [2.75, 3.05) is 32.4 Å². The average Bonchev–Trinajstić information content (AvgIpc) is 2.62. The molecule has 0 saturated carbocycles. The Morgan fingerprint density at radius 2 is 1.81 bits per heavy atom. The van der Waals surface area contributed by atoms with E-state index in [-0.39, 0.29) is 29.5 Å². The highest BCUT2D eigenvalue weighted by molar-refractivity contribution is 14.0. The Hall–Kier alpha value is -0.870. The van der Waals surface area contributed by atoms with E-state index in [4.69, 9.17) is 4.99 Å². The zero-order valence-electron chi connectivity index (χ0n) is 20.2. The molecule has 1 fully saturated rings. The fourth-order valence-corrected chi connectivity index (χ4v) is 5.27. The molecule has 0 amide bonds. The minimum absolute atomic E-state index is 0. The van der Waals surface area contributed by atoms with Crippen LogP contribution in [0.5, 0.6) is 0 Å². The summed E-state index contributed by atoms with van der Waals surface area (Å²) in [7, 11) is -3.20. The van der Waals surface area contributed by atoms with Gasteiger partial charge in [-0.3, -0.25) is 4.90 Å². The molecule has 0 bridgehead atoms. The Morgan fingerprint density at radius 3 is 2.32 bits per heavy atom. The Bertz CT molecular complexity index is 845. The van der Waals surface area contributed by atoms with Crippen LogP contribution >= 0.6 is 24.0 Å². The van der Waals surface area contributed by atoms with Gasteiger partial charge < -0.3 is 10.6 Å². The van der Waals surface area contributed by atoms with Crippen molar-refractivity contribution in [3.05, 3.63) is 29.3 Å². The maximum Gasteiger partial charge on any atom is 0.191 e. The van der Waals surface area contributed by atoms with Crippen molar-refractivity contribution in [2.24, 2.45) is 16.8 Å². The van der Waals surface area contributed by atoms with Gasteiger partial charge in [0, 0.05) is 38.0 Å². The van der Waals surface area contributed by atoms with E-state index in [9.17, 15) is 8.42 Å². The van der Waals surface area contributed by atoms with Gasteiger partial charge >= 0.3 is 0 Å². The number of piperidine rings is 1. The van der Waals surface area contributed by atoms with Crippen molar-refractivity contribution in [1.82, 2.24) is 15.5 Å². The first kappa shape index (κ1) is 28.2. The van der Waals surface area contributed by atoms with Crippen LogP contribution in [0, 0.1) is 18.8 Å². The molecular weight excluding hydrogens is 523 g/mol. The molecule has 8 heteroatoms. The number of hydrogen-bond donors (Lipinski definition) is 2. The Balaban J connectivity index is 0.00000480. The van der Waals surface area contributed by atoms with E-state index in [0.29, 0.717) is 11.4 Å². The molecule has 0 spiro atoms. The molecule has 1 aromatic rings. The summed E-state index contributed by atoms with van der Waals surface area (Å²) in [6.45, 7) is 17.5. The summed E-state index contributed by atoms with van der Waals surface area (Å²) in [6, 6.07) is 5.43. The third-order valence-corrected chi connectivity index (χ3v) is 7.07. The number of sulfone groups is 1. The predicted octanol–water partition coefficient (Wildman–Crippen LogP) is 3.83. The molecule has 6 nitrogen and oxygen atoms in total. The molecule has 0 radical (unpaired) electrons. The number of guanidine groups is 1. The SMILES string of the molecule is CCNC(=NCc1ccc(S(C)(=O)=O)c(C)c1)NCC(C)(C)N1CC(C)CC(C)C1.I. The molecule has 1 aliphatic rings. The number of hydrogen-bond acceptors (Lipinski definition) is 4. The van der Waals surface area contributed by atoms with Crippen LogP contribution in [0.2, 0.25) is 0 Å². The van der Waals surface area contributed by atoms with Gasteiger partial charge in [-0.15, -0.1) is 24.0 Å². The van der Waals surface area contributed by atoms with Crippen molar-refractivity contribution in [3.8, 4) is 0 Å². The van der Waals surface area contributed by atoms with Gasteiger partial charge in [-0.2, -0.15) is 0 Å². The van der Waals surface area contributed by atoms with Crippen LogP contribution in [0.15, 0.2) is 28.1 Å². The van der Waals surface area contributed by atoms with E-state index in [1.54, 1.807) is 6.07 Å². The predicted molar refractivity (Wildman–Crippen MR) is 141 cm³/mol. The first-order valence-electron chi connectivity index (χ1n) is 11.0. The van der Waals surface area contributed by atoms with Crippen molar-refractivity contribution < 1.29 is 8.42 Å². The summed E-state index contributed by atoms with van der Waals surface area (Å²) in [4.78, 5) is 7.70. The number of halogens is 1. The maximum absolute atomic E-state index is 11.8. The van der Waals surface area contributed by atoms with Crippen molar-refractivity contribution in [1.29, 1.82) is 0 Å².